The van der Waals surface area contributed by atoms with E-state index in [1.165, 1.54) is 16.3 Å². The van der Waals surface area contributed by atoms with E-state index >= 15 is 0 Å². The van der Waals surface area contributed by atoms with Crippen molar-refractivity contribution in [3.8, 4) is 5.75 Å². The Labute approximate surface area is 150 Å². The second-order valence-corrected chi connectivity index (χ2v) is 6.81. The number of hydrogen-bond donors (Lipinski definition) is 0. The molecule has 1 aromatic heterocycles. The molecule has 128 valence electrons. The number of benzene rings is 2. The number of rotatable bonds is 6. The molecule has 2 aromatic carbocycles. The quantitative estimate of drug-likeness (QED) is 0.541. The maximum atomic E-state index is 5.94. The fourth-order valence-corrected chi connectivity index (χ4v) is 2.74. The van der Waals surface area contributed by atoms with Gasteiger partial charge < -0.3 is 4.74 Å². The summed E-state index contributed by atoms with van der Waals surface area (Å²) in [6.45, 7) is 7.20. The van der Waals surface area contributed by atoms with E-state index in [1.54, 1.807) is 0 Å². The largest absolute Gasteiger partial charge is 0.493 e. The molecule has 2 heteroatoms. The normalized spacial score (nSPS) is 11.5. The van der Waals surface area contributed by atoms with E-state index in [-0.39, 0.29) is 0 Å². The Balaban J connectivity index is 1.81. The summed E-state index contributed by atoms with van der Waals surface area (Å²) < 4.78 is 5.94. The van der Waals surface area contributed by atoms with Crippen LogP contribution in [0.3, 0.4) is 0 Å². The maximum absolute atomic E-state index is 5.94. The van der Waals surface area contributed by atoms with Gasteiger partial charge in [-0.3, -0.25) is 4.98 Å². The molecule has 0 bridgehead atoms. The Kier molecular flexibility index (Phi) is 5.49. The third-order valence-corrected chi connectivity index (χ3v) is 4.28. The minimum Gasteiger partial charge on any atom is -0.493 e. The van der Waals surface area contributed by atoms with Crippen molar-refractivity contribution in [3.63, 3.8) is 0 Å². The smallest absolute Gasteiger partial charge is 0.125 e. The van der Waals surface area contributed by atoms with Crippen LogP contribution in [0.1, 0.15) is 37.1 Å². The molecule has 0 atom stereocenters. The van der Waals surface area contributed by atoms with Crippen molar-refractivity contribution in [2.75, 3.05) is 6.61 Å². The minimum atomic E-state index is 0.646. The van der Waals surface area contributed by atoms with Gasteiger partial charge in [-0.2, -0.15) is 0 Å². The molecule has 1 heterocycles. The van der Waals surface area contributed by atoms with Gasteiger partial charge in [0.05, 0.1) is 12.3 Å². The fraction of sp³-hybridized carbons (Fsp3) is 0.261. The van der Waals surface area contributed by atoms with Crippen molar-refractivity contribution in [2.45, 2.75) is 27.2 Å². The topological polar surface area (TPSA) is 22.1 Å². The fourth-order valence-electron chi connectivity index (χ4n) is 2.74. The summed E-state index contributed by atoms with van der Waals surface area (Å²) in [6.07, 6.45) is 7.12. The Morgan fingerprint density at radius 1 is 1.04 bits per heavy atom. The molecular weight excluding hydrogens is 306 g/mol. The first-order valence-corrected chi connectivity index (χ1v) is 8.89. The van der Waals surface area contributed by atoms with Gasteiger partial charge in [-0.15, -0.1) is 0 Å². The summed E-state index contributed by atoms with van der Waals surface area (Å²) in [6, 6.07) is 16.8. The van der Waals surface area contributed by atoms with E-state index in [0.717, 1.165) is 30.0 Å². The third kappa shape index (κ3) is 4.48. The lowest BCUT2D eigenvalue weighted by atomic mass is 10.0. The number of fused-ring (bicyclic) bond motifs is 1. The molecule has 0 saturated heterocycles. The van der Waals surface area contributed by atoms with E-state index in [4.69, 9.17) is 4.74 Å². The highest BCUT2D eigenvalue weighted by molar-refractivity contribution is 5.92. The summed E-state index contributed by atoms with van der Waals surface area (Å²) >= 11 is 0. The van der Waals surface area contributed by atoms with Gasteiger partial charge in [0.15, 0.2) is 0 Å². The lowest BCUT2D eigenvalue weighted by Crippen LogP contribution is -2.03. The zero-order chi connectivity index (χ0) is 17.6. The second kappa shape index (κ2) is 7.98. The molecule has 0 spiro atoms. The Morgan fingerprint density at radius 3 is 2.68 bits per heavy atom. The molecule has 2 nitrogen and oxygen atoms in total. The summed E-state index contributed by atoms with van der Waals surface area (Å²) in [7, 11) is 0. The summed E-state index contributed by atoms with van der Waals surface area (Å²) in [5.74, 6) is 1.57. The Hall–Kier alpha value is -2.61. The van der Waals surface area contributed by atoms with Crippen molar-refractivity contribution >= 4 is 22.9 Å². The highest BCUT2D eigenvalue weighted by atomic mass is 16.5. The van der Waals surface area contributed by atoms with Crippen molar-refractivity contribution in [3.05, 3.63) is 71.5 Å². The van der Waals surface area contributed by atoms with Crippen molar-refractivity contribution in [2.24, 2.45) is 5.92 Å². The first kappa shape index (κ1) is 17.2. The van der Waals surface area contributed by atoms with E-state index in [9.17, 15) is 0 Å². The van der Waals surface area contributed by atoms with Crippen LogP contribution < -0.4 is 4.74 Å². The van der Waals surface area contributed by atoms with E-state index in [1.807, 2.05) is 19.2 Å². The van der Waals surface area contributed by atoms with E-state index in [0.29, 0.717) is 5.92 Å². The minimum absolute atomic E-state index is 0.646. The molecule has 0 fully saturated rings. The van der Waals surface area contributed by atoms with Gasteiger partial charge in [0.1, 0.15) is 5.75 Å². The zero-order valence-electron chi connectivity index (χ0n) is 15.2. The summed E-state index contributed by atoms with van der Waals surface area (Å²) in [5, 5.41) is 2.50. The lowest BCUT2D eigenvalue weighted by Gasteiger charge is -2.10. The van der Waals surface area contributed by atoms with Crippen LogP contribution >= 0.6 is 0 Å². The second-order valence-electron chi connectivity index (χ2n) is 6.81. The first-order valence-electron chi connectivity index (χ1n) is 8.89. The van der Waals surface area contributed by atoms with Crippen molar-refractivity contribution < 1.29 is 4.74 Å². The molecule has 0 amide bonds. The number of ether oxygens (including phenoxy) is 1. The predicted octanol–water partition coefficient (Wildman–Crippen LogP) is 6.14. The monoisotopic (exact) mass is 331 g/mol. The van der Waals surface area contributed by atoms with Crippen LogP contribution in [-0.2, 0) is 0 Å². The zero-order valence-corrected chi connectivity index (χ0v) is 15.2. The van der Waals surface area contributed by atoms with Crippen LogP contribution in [0.25, 0.3) is 22.9 Å². The van der Waals surface area contributed by atoms with Gasteiger partial charge in [0.25, 0.3) is 0 Å². The van der Waals surface area contributed by atoms with Crippen LogP contribution in [0.15, 0.2) is 54.7 Å². The Morgan fingerprint density at radius 2 is 1.84 bits per heavy atom. The van der Waals surface area contributed by atoms with Crippen molar-refractivity contribution in [1.29, 1.82) is 0 Å². The molecule has 0 aliphatic carbocycles. The Bertz CT molecular complexity index is 875. The predicted molar refractivity (Wildman–Crippen MR) is 107 cm³/mol. The number of pyridine rings is 1. The van der Waals surface area contributed by atoms with Gasteiger partial charge >= 0.3 is 0 Å². The molecule has 0 aliphatic rings. The summed E-state index contributed by atoms with van der Waals surface area (Å²) in [5.41, 5.74) is 3.19. The van der Waals surface area contributed by atoms with E-state index < -0.39 is 0 Å². The number of aromatic nitrogens is 1. The van der Waals surface area contributed by atoms with Crippen LogP contribution in [0.2, 0.25) is 0 Å². The first-order chi connectivity index (χ1) is 12.1. The van der Waals surface area contributed by atoms with Crippen LogP contribution in [0.4, 0.5) is 0 Å². The molecule has 3 rings (SSSR count). The van der Waals surface area contributed by atoms with E-state index in [2.05, 4.69) is 73.4 Å². The highest BCUT2D eigenvalue weighted by Crippen LogP contribution is 2.22. The molecule has 0 radical (unpaired) electrons. The third-order valence-electron chi connectivity index (χ3n) is 4.28. The van der Waals surface area contributed by atoms with Crippen LogP contribution in [-0.4, -0.2) is 11.6 Å². The van der Waals surface area contributed by atoms with Crippen molar-refractivity contribution in [1.82, 2.24) is 4.98 Å². The molecule has 0 saturated carbocycles. The van der Waals surface area contributed by atoms with Gasteiger partial charge in [0.2, 0.25) is 0 Å². The van der Waals surface area contributed by atoms with Gasteiger partial charge in [0, 0.05) is 17.8 Å². The average Bonchev–Trinajstić information content (AvgIpc) is 2.62. The van der Waals surface area contributed by atoms with Crippen LogP contribution in [0, 0.1) is 12.8 Å². The van der Waals surface area contributed by atoms with Gasteiger partial charge in [-0.1, -0.05) is 62.4 Å². The lowest BCUT2D eigenvalue weighted by molar-refractivity contribution is 0.287. The van der Waals surface area contributed by atoms with Crippen LogP contribution in [0.5, 0.6) is 5.75 Å². The highest BCUT2D eigenvalue weighted by Gasteiger charge is 2.03. The molecule has 25 heavy (non-hydrogen) atoms. The molecule has 0 unspecified atom stereocenters. The number of aryl methyl sites for hydroxylation is 1. The van der Waals surface area contributed by atoms with Gasteiger partial charge in [-0.05, 0) is 41.7 Å². The maximum Gasteiger partial charge on any atom is 0.125 e. The number of nitrogens with zero attached hydrogens (tertiary/aromatic N) is 1. The number of hydrogen-bond acceptors (Lipinski definition) is 2. The molecule has 0 aliphatic heterocycles. The SMILES string of the molecule is Cc1cnc(/C=C/c2cccc3ccccc23)cc1OCCC(C)C. The summed E-state index contributed by atoms with van der Waals surface area (Å²) in [4.78, 5) is 4.51. The van der Waals surface area contributed by atoms with Gasteiger partial charge in [-0.25, -0.2) is 0 Å². The average molecular weight is 331 g/mol. The molecule has 3 aromatic rings. The molecular formula is C23H25NO. The standard InChI is InChI=1S/C23H25NO/c1-17(2)13-14-25-23-15-21(24-16-18(23)3)12-11-20-9-6-8-19-7-4-5-10-22(19)20/h4-12,15-17H,13-14H2,1-3H3/b12-11+. The molecule has 0 N–H and O–H groups in total.